The molecule has 0 saturated carbocycles. The van der Waals surface area contributed by atoms with Gasteiger partial charge in [0.05, 0.1) is 10.5 Å². The molecule has 1 amide bonds. The summed E-state index contributed by atoms with van der Waals surface area (Å²) in [5.74, 6) is 4.19. The first-order valence-corrected chi connectivity index (χ1v) is 13.9. The fraction of sp³-hybridized carbons (Fsp3) is 0.231. The van der Waals surface area contributed by atoms with Crippen LogP contribution in [0.25, 0.3) is 11.0 Å². The van der Waals surface area contributed by atoms with Crippen molar-refractivity contribution in [3.05, 3.63) is 71.9 Å². The van der Waals surface area contributed by atoms with Crippen LogP contribution in [0.5, 0.6) is 11.5 Å². The number of nitrogens with one attached hydrogen (secondary N) is 2. The Balaban J connectivity index is 1.50. The number of fused-ring (bicyclic) bond motifs is 1. The van der Waals surface area contributed by atoms with E-state index in [0.29, 0.717) is 41.1 Å². The van der Waals surface area contributed by atoms with Crippen LogP contribution in [0.2, 0.25) is 5.02 Å². The van der Waals surface area contributed by atoms with Crippen LogP contribution in [0, 0.1) is 5.82 Å². The van der Waals surface area contributed by atoms with Gasteiger partial charge in [0.25, 0.3) is 0 Å². The van der Waals surface area contributed by atoms with Gasteiger partial charge >= 0.3 is 0 Å². The van der Waals surface area contributed by atoms with Gasteiger partial charge in [0, 0.05) is 37.3 Å². The van der Waals surface area contributed by atoms with Crippen molar-refractivity contribution in [1.29, 1.82) is 0 Å². The second kappa shape index (κ2) is 10.4. The number of halogens is 2. The Morgan fingerprint density at radius 3 is 2.70 bits per heavy atom. The zero-order chi connectivity index (χ0) is 26.8. The zero-order valence-corrected chi connectivity index (χ0v) is 22.2. The summed E-state index contributed by atoms with van der Waals surface area (Å²) < 4.78 is 32.3. The van der Waals surface area contributed by atoms with Crippen LogP contribution in [0.3, 0.4) is 0 Å². The maximum Gasteiger partial charge on any atom is 0.237 e. The minimum Gasteiger partial charge on any atom is -0.456 e. The molecular formula is C26H27ClFN5O3S. The molecule has 4 aromatic rings. The van der Waals surface area contributed by atoms with Crippen LogP contribution in [-0.4, -0.2) is 48.1 Å². The van der Waals surface area contributed by atoms with E-state index < -0.39 is 20.1 Å². The molecule has 0 saturated heterocycles. The van der Waals surface area contributed by atoms with E-state index in [-0.39, 0.29) is 5.91 Å². The number of benzene rings is 2. The number of ether oxygens (including phenoxy) is 1. The van der Waals surface area contributed by atoms with E-state index in [1.807, 2.05) is 16.8 Å². The van der Waals surface area contributed by atoms with Crippen LogP contribution in [0.15, 0.2) is 61.1 Å². The molecule has 1 atom stereocenters. The first-order valence-electron chi connectivity index (χ1n) is 11.4. The fourth-order valence-electron chi connectivity index (χ4n) is 3.46. The van der Waals surface area contributed by atoms with E-state index in [1.165, 1.54) is 24.7 Å². The van der Waals surface area contributed by atoms with Crippen molar-refractivity contribution in [1.82, 2.24) is 19.9 Å². The molecule has 0 aliphatic heterocycles. The van der Waals surface area contributed by atoms with E-state index in [9.17, 15) is 13.4 Å². The Bertz CT molecular complexity index is 1570. The molecule has 0 radical (unpaired) electrons. The fourth-order valence-corrected chi connectivity index (χ4v) is 4.15. The van der Waals surface area contributed by atoms with Gasteiger partial charge in [-0.2, -0.15) is 0 Å². The van der Waals surface area contributed by atoms with E-state index >= 15 is 0 Å². The third-order valence-electron chi connectivity index (χ3n) is 6.03. The van der Waals surface area contributed by atoms with Crippen molar-refractivity contribution < 1.29 is 18.1 Å². The van der Waals surface area contributed by atoms with Crippen LogP contribution < -0.4 is 15.4 Å². The molecule has 0 aliphatic carbocycles. The quantitative estimate of drug-likeness (QED) is 0.288. The zero-order valence-electron chi connectivity index (χ0n) is 20.6. The molecule has 0 bridgehead atoms. The lowest BCUT2D eigenvalue weighted by Gasteiger charge is -2.25. The molecule has 4 rings (SSSR count). The molecule has 2 aromatic heterocycles. The average Bonchev–Trinajstić information content (AvgIpc) is 3.24. The number of hydrogen-bond acceptors (Lipinski definition) is 6. The molecule has 0 fully saturated rings. The maximum atomic E-state index is 13.5. The number of carbonyl (C=O) groups excluding carboxylic acids is 1. The minimum atomic E-state index is -2.57. The normalized spacial score (nSPS) is 13.2. The van der Waals surface area contributed by atoms with Crippen LogP contribution in [-0.2, 0) is 20.9 Å². The first kappa shape index (κ1) is 26.4. The number of hydrogen-bond donors (Lipinski definition) is 2. The highest BCUT2D eigenvalue weighted by molar-refractivity contribution is 8.01. The smallest absolute Gasteiger partial charge is 0.237 e. The summed E-state index contributed by atoms with van der Waals surface area (Å²) in [5, 5.41) is 6.43. The van der Waals surface area contributed by atoms with Crippen molar-refractivity contribution in [2.75, 3.05) is 18.1 Å². The number of carbonyl (C=O) groups is 1. The molecule has 194 valence electrons. The molecule has 0 aliphatic rings. The van der Waals surface area contributed by atoms with Gasteiger partial charge in [-0.1, -0.05) is 17.7 Å². The molecule has 8 nitrogen and oxygen atoms in total. The summed E-state index contributed by atoms with van der Waals surface area (Å²) in [6, 6.07) is 12.8. The Labute approximate surface area is 219 Å². The van der Waals surface area contributed by atoms with Gasteiger partial charge in [-0.05, 0) is 65.6 Å². The Morgan fingerprint density at radius 2 is 2.00 bits per heavy atom. The van der Waals surface area contributed by atoms with Gasteiger partial charge in [-0.3, -0.25) is 9.00 Å². The predicted octanol–water partition coefficient (Wildman–Crippen LogP) is 5.00. The molecule has 37 heavy (non-hydrogen) atoms. The van der Waals surface area contributed by atoms with Crippen molar-refractivity contribution in [3.8, 4) is 11.5 Å². The lowest BCUT2D eigenvalue weighted by atomic mass is 10.2. The molecule has 2 N–H and O–H groups in total. The summed E-state index contributed by atoms with van der Waals surface area (Å²) in [7, 11) is -2.57. The van der Waals surface area contributed by atoms with Gasteiger partial charge in [0.15, 0.2) is 5.82 Å². The average molecular weight is 544 g/mol. The lowest BCUT2D eigenvalue weighted by Crippen LogP contribution is -2.48. The number of amides is 1. The monoisotopic (exact) mass is 543 g/mol. The van der Waals surface area contributed by atoms with Crippen LogP contribution >= 0.6 is 11.6 Å². The van der Waals surface area contributed by atoms with E-state index in [1.54, 1.807) is 44.2 Å². The van der Waals surface area contributed by atoms with Crippen LogP contribution in [0.4, 0.5) is 15.9 Å². The molecule has 0 spiro atoms. The van der Waals surface area contributed by atoms with Gasteiger partial charge in [0.2, 0.25) is 5.91 Å². The summed E-state index contributed by atoms with van der Waals surface area (Å²) in [6.45, 7) is 4.00. The molecule has 2 aromatic carbocycles. The van der Waals surface area contributed by atoms with Crippen molar-refractivity contribution in [2.24, 2.45) is 0 Å². The van der Waals surface area contributed by atoms with Crippen molar-refractivity contribution in [2.45, 2.75) is 25.1 Å². The Morgan fingerprint density at radius 1 is 1.22 bits per heavy atom. The van der Waals surface area contributed by atoms with Crippen molar-refractivity contribution >= 4 is 55.4 Å². The lowest BCUT2D eigenvalue weighted by molar-refractivity contribution is -0.122. The summed E-state index contributed by atoms with van der Waals surface area (Å²) in [4.78, 5) is 21.3. The SMILES string of the molecule is C=S(C)(=O)C(C)(C)C(=O)NCCn1ccc2ncnc(Nc3ccc(Oc4cccc(F)c4)c(Cl)c3)c21. The summed E-state index contributed by atoms with van der Waals surface area (Å²) in [6.07, 6.45) is 4.79. The van der Waals surface area contributed by atoms with Gasteiger partial charge < -0.3 is 19.9 Å². The Kier molecular flexibility index (Phi) is 7.42. The highest BCUT2D eigenvalue weighted by Gasteiger charge is 2.33. The molecular weight excluding hydrogens is 517 g/mol. The summed E-state index contributed by atoms with van der Waals surface area (Å²) >= 11 is 6.42. The van der Waals surface area contributed by atoms with E-state index in [4.69, 9.17) is 16.3 Å². The van der Waals surface area contributed by atoms with Gasteiger partial charge in [-0.15, -0.1) is 0 Å². The predicted molar refractivity (Wildman–Crippen MR) is 147 cm³/mol. The Hall–Kier alpha value is -3.63. The van der Waals surface area contributed by atoms with Crippen molar-refractivity contribution in [3.63, 3.8) is 0 Å². The minimum absolute atomic E-state index is 0.313. The number of anilines is 2. The number of aromatic nitrogens is 3. The third-order valence-corrected chi connectivity index (χ3v) is 8.67. The van der Waals surface area contributed by atoms with Gasteiger partial charge in [-0.25, -0.2) is 14.4 Å². The topological polar surface area (TPSA) is 98.1 Å². The summed E-state index contributed by atoms with van der Waals surface area (Å²) in [5.41, 5.74) is 2.12. The van der Waals surface area contributed by atoms with E-state index in [2.05, 4.69) is 26.5 Å². The second-order valence-corrected chi connectivity index (χ2v) is 12.5. The molecule has 1 unspecified atom stereocenters. The number of nitrogens with zero attached hydrogens (tertiary/aromatic N) is 3. The molecule has 11 heteroatoms. The highest BCUT2D eigenvalue weighted by atomic mass is 35.5. The number of rotatable bonds is 9. The first-order chi connectivity index (χ1) is 17.5. The highest BCUT2D eigenvalue weighted by Crippen LogP contribution is 2.33. The van der Waals surface area contributed by atoms with Crippen LogP contribution in [0.1, 0.15) is 13.8 Å². The third kappa shape index (κ3) is 5.86. The molecule has 2 heterocycles. The standard InChI is InChI=1S/C26H27ClFN5O3S/c1-26(2,37(3,4)35)25(34)29-11-13-33-12-10-21-23(33)24(31-16-30-21)32-18-8-9-22(20(27)15-18)36-19-7-5-6-17(28)14-19/h5-10,12,14-16H,3,11,13H2,1-2,4H3,(H,29,34)(H,30,31,32). The van der Waals surface area contributed by atoms with Gasteiger partial charge in [0.1, 0.15) is 33.9 Å². The maximum absolute atomic E-state index is 13.5. The van der Waals surface area contributed by atoms with E-state index in [0.717, 1.165) is 11.0 Å². The largest absolute Gasteiger partial charge is 0.456 e. The second-order valence-electron chi connectivity index (χ2n) is 9.07.